The van der Waals surface area contributed by atoms with E-state index in [4.69, 9.17) is 10.7 Å². The lowest BCUT2D eigenvalue weighted by atomic mass is 9.97. The summed E-state index contributed by atoms with van der Waals surface area (Å²) in [5.74, 6) is -0.393. The van der Waals surface area contributed by atoms with Crippen LogP contribution in [0.15, 0.2) is 29.1 Å². The van der Waals surface area contributed by atoms with Gasteiger partial charge < -0.3 is 11.1 Å². The molecule has 1 aromatic carbocycles. The van der Waals surface area contributed by atoms with E-state index < -0.39 is 11.8 Å². The summed E-state index contributed by atoms with van der Waals surface area (Å²) in [5, 5.41) is 3.43. The van der Waals surface area contributed by atoms with Crippen molar-refractivity contribution in [2.24, 2.45) is 5.73 Å². The molecule has 9 heteroatoms. The fraction of sp³-hybridized carbons (Fsp3) is 0.417. The molecule has 1 saturated heterocycles. The highest BCUT2D eigenvalue weighted by Gasteiger charge is 2.24. The number of benzene rings is 1. The number of nitrogens with one attached hydrogen (secondary N) is 1. The second-order valence-corrected chi connectivity index (χ2v) is 9.84. The smallest absolute Gasteiger partial charge is 0.263 e. The number of likely N-dealkylation sites (tertiary alicyclic amines) is 1. The number of amides is 2. The third kappa shape index (κ3) is 4.30. The van der Waals surface area contributed by atoms with Crippen molar-refractivity contribution in [2.45, 2.75) is 51.6 Å². The Hall–Kier alpha value is -3.04. The molecule has 1 aliphatic heterocycles. The lowest BCUT2D eigenvalue weighted by Crippen LogP contribution is -2.34. The molecular formula is C24H27N5O3S. The molecule has 3 heterocycles. The summed E-state index contributed by atoms with van der Waals surface area (Å²) in [6.45, 7) is 2.31. The summed E-state index contributed by atoms with van der Waals surface area (Å²) < 4.78 is 1.52. The van der Waals surface area contributed by atoms with E-state index >= 15 is 0 Å². The average molecular weight is 466 g/mol. The van der Waals surface area contributed by atoms with Crippen molar-refractivity contribution in [1.29, 1.82) is 0 Å². The van der Waals surface area contributed by atoms with E-state index in [1.54, 1.807) is 35.6 Å². The van der Waals surface area contributed by atoms with Crippen LogP contribution >= 0.6 is 11.3 Å². The number of aromatic nitrogens is 2. The van der Waals surface area contributed by atoms with E-state index in [9.17, 15) is 14.4 Å². The van der Waals surface area contributed by atoms with Crippen LogP contribution in [0, 0.1) is 0 Å². The van der Waals surface area contributed by atoms with Crippen LogP contribution in [0.2, 0.25) is 0 Å². The molecule has 2 amide bonds. The van der Waals surface area contributed by atoms with Crippen molar-refractivity contribution in [3.05, 3.63) is 56.4 Å². The number of primary amides is 1. The molecule has 0 spiro atoms. The van der Waals surface area contributed by atoms with Crippen LogP contribution in [0.5, 0.6) is 0 Å². The zero-order valence-electron chi connectivity index (χ0n) is 18.4. The number of fused-ring (bicyclic) bond motifs is 3. The molecule has 0 bridgehead atoms. The standard InChI is InChI=1S/C24H27N5O3S/c25-22(31)15-7-1-3-9-17(15)26-20(30)14-29-19(13-28-11-5-6-12-28)27-23-21(24(29)32)16-8-2-4-10-18(16)33-23/h1,3,7,9H,2,4-6,8,10-14H2,(H2,25,31)(H,26,30). The number of aryl methyl sites for hydroxylation is 2. The van der Waals surface area contributed by atoms with Crippen LogP contribution in [-0.4, -0.2) is 39.4 Å². The number of carbonyl (C=O) groups is 2. The fourth-order valence-corrected chi connectivity index (χ4v) is 6.12. The summed E-state index contributed by atoms with van der Waals surface area (Å²) in [5.41, 5.74) is 6.97. The van der Waals surface area contributed by atoms with Crippen LogP contribution in [0.1, 0.15) is 52.3 Å². The fourth-order valence-electron chi connectivity index (χ4n) is 4.85. The van der Waals surface area contributed by atoms with Crippen LogP contribution in [0.3, 0.4) is 0 Å². The number of anilines is 1. The monoisotopic (exact) mass is 465 g/mol. The molecule has 3 N–H and O–H groups in total. The number of para-hydroxylation sites is 1. The second-order valence-electron chi connectivity index (χ2n) is 8.75. The summed E-state index contributed by atoms with van der Waals surface area (Å²) >= 11 is 1.63. The van der Waals surface area contributed by atoms with Gasteiger partial charge in [0.25, 0.3) is 11.5 Å². The Balaban J connectivity index is 1.52. The Kier molecular flexibility index (Phi) is 5.99. The largest absolute Gasteiger partial charge is 0.366 e. The van der Waals surface area contributed by atoms with Crippen LogP contribution < -0.4 is 16.6 Å². The van der Waals surface area contributed by atoms with Gasteiger partial charge in [-0.2, -0.15) is 0 Å². The zero-order valence-corrected chi connectivity index (χ0v) is 19.2. The predicted molar refractivity (Wildman–Crippen MR) is 129 cm³/mol. The average Bonchev–Trinajstić information content (AvgIpc) is 3.44. The van der Waals surface area contributed by atoms with Crippen molar-refractivity contribution < 1.29 is 9.59 Å². The molecule has 5 rings (SSSR count). The van der Waals surface area contributed by atoms with Gasteiger partial charge >= 0.3 is 0 Å². The third-order valence-corrected chi connectivity index (χ3v) is 7.67. The Labute approximate surface area is 195 Å². The number of rotatable bonds is 6. The molecular weight excluding hydrogens is 438 g/mol. The van der Waals surface area contributed by atoms with E-state index in [0.717, 1.165) is 62.0 Å². The molecule has 3 aromatic rings. The van der Waals surface area contributed by atoms with Gasteiger partial charge in [0.05, 0.1) is 23.2 Å². The SMILES string of the molecule is NC(=O)c1ccccc1NC(=O)Cn1c(CN2CCCC2)nc2sc3c(c2c1=O)CCCC3. The first-order valence-corrected chi connectivity index (χ1v) is 12.3. The van der Waals surface area contributed by atoms with Gasteiger partial charge in [-0.15, -0.1) is 11.3 Å². The Morgan fingerprint density at radius 3 is 2.64 bits per heavy atom. The van der Waals surface area contributed by atoms with Gasteiger partial charge in [0.2, 0.25) is 5.91 Å². The van der Waals surface area contributed by atoms with Crippen molar-refractivity contribution in [3.8, 4) is 0 Å². The van der Waals surface area contributed by atoms with Crippen molar-refractivity contribution in [2.75, 3.05) is 18.4 Å². The van der Waals surface area contributed by atoms with E-state index in [1.165, 1.54) is 9.44 Å². The summed E-state index contributed by atoms with van der Waals surface area (Å²) in [7, 11) is 0. The Morgan fingerprint density at radius 2 is 1.85 bits per heavy atom. The summed E-state index contributed by atoms with van der Waals surface area (Å²) in [6.07, 6.45) is 6.33. The lowest BCUT2D eigenvalue weighted by molar-refractivity contribution is -0.116. The first kappa shape index (κ1) is 21.8. The molecule has 172 valence electrons. The summed E-state index contributed by atoms with van der Waals surface area (Å²) in [4.78, 5) is 47.6. The lowest BCUT2D eigenvalue weighted by Gasteiger charge is -2.18. The molecule has 0 radical (unpaired) electrons. The van der Waals surface area contributed by atoms with Crippen LogP contribution in [-0.2, 0) is 30.7 Å². The number of nitrogens with zero attached hydrogens (tertiary/aromatic N) is 3. The zero-order chi connectivity index (χ0) is 22.9. The maximum Gasteiger partial charge on any atom is 0.263 e. The van der Waals surface area contributed by atoms with Crippen LogP contribution in [0.4, 0.5) is 5.69 Å². The highest BCUT2D eigenvalue weighted by atomic mass is 32.1. The van der Waals surface area contributed by atoms with E-state index in [-0.39, 0.29) is 17.7 Å². The normalized spacial score (nSPS) is 16.1. The van der Waals surface area contributed by atoms with Gasteiger partial charge in [-0.1, -0.05) is 12.1 Å². The van der Waals surface area contributed by atoms with Gasteiger partial charge in [-0.05, 0) is 69.3 Å². The minimum atomic E-state index is -0.620. The molecule has 1 fully saturated rings. The van der Waals surface area contributed by atoms with Crippen molar-refractivity contribution >= 4 is 39.1 Å². The number of hydrogen-bond acceptors (Lipinski definition) is 6. The number of carbonyl (C=O) groups excluding carboxylic acids is 2. The first-order chi connectivity index (χ1) is 16.0. The second kappa shape index (κ2) is 9.07. The molecule has 0 unspecified atom stereocenters. The first-order valence-electron chi connectivity index (χ1n) is 11.5. The van der Waals surface area contributed by atoms with Crippen molar-refractivity contribution in [1.82, 2.24) is 14.5 Å². The highest BCUT2D eigenvalue weighted by Crippen LogP contribution is 2.34. The molecule has 8 nitrogen and oxygen atoms in total. The van der Waals surface area contributed by atoms with Gasteiger partial charge in [0, 0.05) is 4.88 Å². The molecule has 2 aromatic heterocycles. The molecule has 2 aliphatic rings. The maximum absolute atomic E-state index is 13.7. The predicted octanol–water partition coefficient (Wildman–Crippen LogP) is 2.67. The molecule has 0 atom stereocenters. The van der Waals surface area contributed by atoms with Crippen molar-refractivity contribution in [3.63, 3.8) is 0 Å². The Morgan fingerprint density at radius 1 is 1.09 bits per heavy atom. The number of hydrogen-bond donors (Lipinski definition) is 2. The van der Waals surface area contributed by atoms with Gasteiger partial charge in [0.15, 0.2) is 0 Å². The quantitative estimate of drug-likeness (QED) is 0.582. The van der Waals surface area contributed by atoms with Gasteiger partial charge in [0.1, 0.15) is 17.2 Å². The highest BCUT2D eigenvalue weighted by molar-refractivity contribution is 7.18. The maximum atomic E-state index is 13.7. The Bertz CT molecular complexity index is 1290. The van der Waals surface area contributed by atoms with Gasteiger partial charge in [-0.3, -0.25) is 23.9 Å². The van der Waals surface area contributed by atoms with Gasteiger partial charge in [-0.25, -0.2) is 4.98 Å². The summed E-state index contributed by atoms with van der Waals surface area (Å²) in [6, 6.07) is 6.60. The number of nitrogens with two attached hydrogens (primary N) is 1. The van der Waals surface area contributed by atoms with E-state index in [2.05, 4.69) is 10.2 Å². The minimum Gasteiger partial charge on any atom is -0.366 e. The van der Waals surface area contributed by atoms with E-state index in [0.29, 0.717) is 23.4 Å². The van der Waals surface area contributed by atoms with Crippen LogP contribution in [0.25, 0.3) is 10.2 Å². The third-order valence-electron chi connectivity index (χ3n) is 6.49. The molecule has 33 heavy (non-hydrogen) atoms. The minimum absolute atomic E-state index is 0.146. The van der Waals surface area contributed by atoms with E-state index in [1.807, 2.05) is 0 Å². The number of thiophene rings is 1. The topological polar surface area (TPSA) is 110 Å². The molecule has 0 saturated carbocycles. The molecule has 1 aliphatic carbocycles.